The molecule has 0 heterocycles. The molecule has 7 heteroatoms. The Morgan fingerprint density at radius 1 is 1.21 bits per heavy atom. The second-order valence-corrected chi connectivity index (χ2v) is 6.59. The Morgan fingerprint density at radius 3 is 2.79 bits per heavy atom. The highest BCUT2D eigenvalue weighted by molar-refractivity contribution is 8.00. The minimum atomic E-state index is -0.698. The molecule has 0 unspecified atom stereocenters. The van der Waals surface area contributed by atoms with Gasteiger partial charge in [-0.25, -0.2) is 4.39 Å². The predicted molar refractivity (Wildman–Crippen MR) is 90.9 cm³/mol. The Labute approximate surface area is 142 Å². The second-order valence-electron chi connectivity index (χ2n) is 5.54. The molecule has 0 aliphatic heterocycles. The van der Waals surface area contributed by atoms with Crippen LogP contribution in [0.15, 0.2) is 41.3 Å². The van der Waals surface area contributed by atoms with E-state index in [0.717, 1.165) is 42.4 Å². The first-order valence-corrected chi connectivity index (χ1v) is 8.50. The monoisotopic (exact) mass is 346 g/mol. The topological polar surface area (TPSA) is 72.2 Å². The summed E-state index contributed by atoms with van der Waals surface area (Å²) in [6, 6.07) is 9.21. The molecule has 0 atom stereocenters. The van der Waals surface area contributed by atoms with Crippen LogP contribution in [0.3, 0.4) is 0 Å². The van der Waals surface area contributed by atoms with E-state index < -0.39 is 16.6 Å². The normalized spacial score (nSPS) is 12.7. The average Bonchev–Trinajstić information content (AvgIpc) is 3.02. The summed E-state index contributed by atoms with van der Waals surface area (Å²) in [6.45, 7) is 0. The molecular formula is C17H15FN2O3S. The smallest absolute Gasteiger partial charge is 0.271 e. The second kappa shape index (κ2) is 7.00. The van der Waals surface area contributed by atoms with Gasteiger partial charge in [0.25, 0.3) is 5.69 Å². The Balaban J connectivity index is 1.62. The van der Waals surface area contributed by atoms with E-state index in [2.05, 4.69) is 17.4 Å². The molecule has 0 fully saturated rings. The lowest BCUT2D eigenvalue weighted by Gasteiger charge is -2.07. The van der Waals surface area contributed by atoms with E-state index in [9.17, 15) is 19.3 Å². The number of aryl methyl sites for hydroxylation is 2. The molecule has 24 heavy (non-hydrogen) atoms. The van der Waals surface area contributed by atoms with E-state index >= 15 is 0 Å². The highest BCUT2D eigenvalue weighted by atomic mass is 32.2. The summed E-state index contributed by atoms with van der Waals surface area (Å²) >= 11 is 1.36. The Hall–Kier alpha value is -2.41. The van der Waals surface area contributed by atoms with Gasteiger partial charge in [0.2, 0.25) is 5.91 Å². The lowest BCUT2D eigenvalue weighted by molar-refractivity contribution is -0.384. The lowest BCUT2D eigenvalue weighted by atomic mass is 10.1. The maximum Gasteiger partial charge on any atom is 0.271 e. The summed E-state index contributed by atoms with van der Waals surface area (Å²) in [4.78, 5) is 23.1. The minimum absolute atomic E-state index is 0.112. The fraction of sp³-hybridized carbons (Fsp3) is 0.235. The number of nitrogens with zero attached hydrogens (tertiary/aromatic N) is 1. The van der Waals surface area contributed by atoms with E-state index in [1.54, 1.807) is 0 Å². The highest BCUT2D eigenvalue weighted by Gasteiger charge is 2.14. The number of rotatable bonds is 5. The van der Waals surface area contributed by atoms with Crippen molar-refractivity contribution < 1.29 is 14.1 Å². The zero-order chi connectivity index (χ0) is 17.1. The van der Waals surface area contributed by atoms with Gasteiger partial charge in [-0.2, -0.15) is 0 Å². The van der Waals surface area contributed by atoms with Crippen molar-refractivity contribution in [3.8, 4) is 0 Å². The zero-order valence-electron chi connectivity index (χ0n) is 12.8. The number of carbonyl (C=O) groups is 1. The number of fused-ring (bicyclic) bond motifs is 1. The van der Waals surface area contributed by atoms with Gasteiger partial charge in [0.1, 0.15) is 5.82 Å². The molecule has 0 bridgehead atoms. The number of carbonyl (C=O) groups excluding carboxylic acids is 1. The van der Waals surface area contributed by atoms with Gasteiger partial charge in [-0.1, -0.05) is 6.07 Å². The predicted octanol–water partition coefficient (Wildman–Crippen LogP) is 3.95. The standard InChI is InChI=1S/C17H15FN2O3S/c18-15-7-5-13(20(22)23)9-16(15)19-17(21)10-24-14-6-4-11-2-1-3-12(11)8-14/h4-9H,1-3,10H2,(H,19,21). The number of non-ortho nitro benzene ring substituents is 1. The van der Waals surface area contributed by atoms with E-state index in [1.807, 2.05) is 6.07 Å². The van der Waals surface area contributed by atoms with Crippen LogP contribution < -0.4 is 5.32 Å². The lowest BCUT2D eigenvalue weighted by Crippen LogP contribution is -2.15. The number of nitro groups is 1. The molecule has 1 amide bonds. The van der Waals surface area contributed by atoms with E-state index in [-0.39, 0.29) is 17.1 Å². The molecule has 1 aliphatic rings. The van der Waals surface area contributed by atoms with Crippen LogP contribution in [0.2, 0.25) is 0 Å². The van der Waals surface area contributed by atoms with Gasteiger partial charge in [-0.3, -0.25) is 14.9 Å². The summed E-state index contributed by atoms with van der Waals surface area (Å²) in [7, 11) is 0. The number of benzene rings is 2. The molecular weight excluding hydrogens is 331 g/mol. The van der Waals surface area contributed by atoms with Crippen molar-refractivity contribution in [2.24, 2.45) is 0 Å². The van der Waals surface area contributed by atoms with Gasteiger partial charge < -0.3 is 5.32 Å². The first-order valence-electron chi connectivity index (χ1n) is 7.51. The zero-order valence-corrected chi connectivity index (χ0v) is 13.6. The Bertz CT molecular complexity index is 810. The van der Waals surface area contributed by atoms with Crippen molar-refractivity contribution in [2.75, 3.05) is 11.1 Å². The third-order valence-corrected chi connectivity index (χ3v) is 4.87. The molecule has 1 aliphatic carbocycles. The van der Waals surface area contributed by atoms with Crippen LogP contribution in [0, 0.1) is 15.9 Å². The molecule has 2 aromatic rings. The first-order chi connectivity index (χ1) is 11.5. The van der Waals surface area contributed by atoms with Gasteiger partial charge in [0.15, 0.2) is 0 Å². The van der Waals surface area contributed by atoms with E-state index in [4.69, 9.17) is 0 Å². The van der Waals surface area contributed by atoms with Crippen molar-refractivity contribution >= 4 is 29.0 Å². The van der Waals surface area contributed by atoms with Gasteiger partial charge in [0.05, 0.1) is 16.4 Å². The summed E-state index contributed by atoms with van der Waals surface area (Å²) < 4.78 is 13.7. The number of amides is 1. The fourth-order valence-corrected chi connectivity index (χ4v) is 3.46. The summed E-state index contributed by atoms with van der Waals surface area (Å²) in [5, 5.41) is 13.1. The van der Waals surface area contributed by atoms with Crippen molar-refractivity contribution in [3.05, 3.63) is 63.5 Å². The minimum Gasteiger partial charge on any atom is -0.323 e. The van der Waals surface area contributed by atoms with Crippen LogP contribution in [-0.4, -0.2) is 16.6 Å². The summed E-state index contributed by atoms with van der Waals surface area (Å²) in [6.07, 6.45) is 3.33. The number of hydrogen-bond donors (Lipinski definition) is 1. The number of hydrogen-bond acceptors (Lipinski definition) is 4. The quantitative estimate of drug-likeness (QED) is 0.505. The van der Waals surface area contributed by atoms with Crippen LogP contribution in [0.4, 0.5) is 15.8 Å². The number of anilines is 1. The molecule has 0 radical (unpaired) electrons. The molecule has 0 aromatic heterocycles. The molecule has 0 saturated carbocycles. The number of thioether (sulfide) groups is 1. The van der Waals surface area contributed by atoms with Crippen LogP contribution in [-0.2, 0) is 17.6 Å². The van der Waals surface area contributed by atoms with Crippen LogP contribution in [0.25, 0.3) is 0 Å². The SMILES string of the molecule is O=C(CSc1ccc2c(c1)CCC2)Nc1cc([N+](=O)[O-])ccc1F. The van der Waals surface area contributed by atoms with Crippen molar-refractivity contribution in [1.82, 2.24) is 0 Å². The average molecular weight is 346 g/mol. The van der Waals surface area contributed by atoms with Gasteiger partial charge >= 0.3 is 0 Å². The first kappa shape index (κ1) is 16.4. The third-order valence-electron chi connectivity index (χ3n) is 3.87. The molecule has 2 aromatic carbocycles. The molecule has 0 saturated heterocycles. The van der Waals surface area contributed by atoms with Gasteiger partial charge in [-0.15, -0.1) is 11.8 Å². The summed E-state index contributed by atoms with van der Waals surface area (Å²) in [5.74, 6) is -0.989. The largest absolute Gasteiger partial charge is 0.323 e. The fourth-order valence-electron chi connectivity index (χ4n) is 2.70. The van der Waals surface area contributed by atoms with Crippen molar-refractivity contribution in [1.29, 1.82) is 0 Å². The van der Waals surface area contributed by atoms with Crippen molar-refractivity contribution in [2.45, 2.75) is 24.2 Å². The Morgan fingerprint density at radius 2 is 2.00 bits per heavy atom. The van der Waals surface area contributed by atoms with Crippen LogP contribution in [0.5, 0.6) is 0 Å². The summed E-state index contributed by atoms with van der Waals surface area (Å²) in [5.41, 5.74) is 2.24. The van der Waals surface area contributed by atoms with Gasteiger partial charge in [0, 0.05) is 17.0 Å². The van der Waals surface area contributed by atoms with Gasteiger partial charge in [-0.05, 0) is 48.6 Å². The molecule has 0 spiro atoms. The van der Waals surface area contributed by atoms with E-state index in [0.29, 0.717) is 0 Å². The maximum atomic E-state index is 13.7. The molecule has 5 nitrogen and oxygen atoms in total. The maximum absolute atomic E-state index is 13.7. The van der Waals surface area contributed by atoms with Crippen LogP contribution >= 0.6 is 11.8 Å². The number of halogens is 1. The Kier molecular flexibility index (Phi) is 4.80. The highest BCUT2D eigenvalue weighted by Crippen LogP contribution is 2.28. The van der Waals surface area contributed by atoms with Crippen LogP contribution in [0.1, 0.15) is 17.5 Å². The van der Waals surface area contributed by atoms with Crippen molar-refractivity contribution in [3.63, 3.8) is 0 Å². The third kappa shape index (κ3) is 3.73. The number of nitro benzene ring substituents is 1. The molecule has 3 rings (SSSR count). The van der Waals surface area contributed by atoms with E-state index in [1.165, 1.54) is 22.9 Å². The number of nitrogens with one attached hydrogen (secondary N) is 1. The molecule has 124 valence electrons. The molecule has 1 N–H and O–H groups in total.